The Hall–Kier alpha value is -1.81. The van der Waals surface area contributed by atoms with Crippen LogP contribution in [0.4, 0.5) is 0 Å². The number of esters is 1. The van der Waals surface area contributed by atoms with Gasteiger partial charge in [-0.25, -0.2) is 0 Å². The molecule has 1 heterocycles. The van der Waals surface area contributed by atoms with E-state index in [-0.39, 0.29) is 5.97 Å². The second kappa shape index (κ2) is 11.4. The molecule has 0 saturated heterocycles. The van der Waals surface area contributed by atoms with E-state index in [0.717, 1.165) is 44.1 Å². The van der Waals surface area contributed by atoms with Crippen LogP contribution in [0.2, 0.25) is 0 Å². The van der Waals surface area contributed by atoms with E-state index in [0.29, 0.717) is 19.1 Å². The lowest BCUT2D eigenvalue weighted by atomic mass is 9.86. The molecule has 0 bridgehead atoms. The first kappa shape index (κ1) is 21.9. The Morgan fingerprint density at radius 2 is 1.86 bits per heavy atom. The molecule has 4 heteroatoms. The van der Waals surface area contributed by atoms with Gasteiger partial charge in [0.2, 0.25) is 0 Å². The van der Waals surface area contributed by atoms with E-state index in [1.54, 1.807) is 0 Å². The third-order valence-electron chi connectivity index (χ3n) is 6.35. The first-order chi connectivity index (χ1) is 14.2. The third kappa shape index (κ3) is 6.88. The summed E-state index contributed by atoms with van der Waals surface area (Å²) in [5.74, 6) is 1.83. The van der Waals surface area contributed by atoms with Crippen molar-refractivity contribution in [2.75, 3.05) is 26.2 Å². The molecule has 2 aliphatic rings. The summed E-state index contributed by atoms with van der Waals surface area (Å²) in [7, 11) is 0. The molecule has 3 rings (SSSR count). The normalized spacial score (nSPS) is 22.8. The maximum Gasteiger partial charge on any atom is 0.305 e. The van der Waals surface area contributed by atoms with Gasteiger partial charge in [0.25, 0.3) is 0 Å². The molecule has 1 aliphatic carbocycles. The molecule has 4 nitrogen and oxygen atoms in total. The van der Waals surface area contributed by atoms with Crippen LogP contribution in [0, 0.1) is 5.92 Å². The van der Waals surface area contributed by atoms with Gasteiger partial charge in [-0.1, -0.05) is 31.6 Å². The summed E-state index contributed by atoms with van der Waals surface area (Å²) in [5.41, 5.74) is 2.72. The Balaban J connectivity index is 1.42. The Bertz CT molecular complexity index is 659. The van der Waals surface area contributed by atoms with Gasteiger partial charge in [-0.05, 0) is 81.2 Å². The van der Waals surface area contributed by atoms with Crippen LogP contribution in [-0.2, 0) is 9.53 Å². The maximum atomic E-state index is 11.4. The van der Waals surface area contributed by atoms with Crippen molar-refractivity contribution < 1.29 is 14.3 Å². The molecular weight excluding hydrogens is 362 g/mol. The number of nitrogens with zero attached hydrogens (tertiary/aromatic N) is 1. The molecule has 0 radical (unpaired) electrons. The van der Waals surface area contributed by atoms with E-state index >= 15 is 0 Å². The Morgan fingerprint density at radius 1 is 1.10 bits per heavy atom. The Morgan fingerprint density at radius 3 is 2.48 bits per heavy atom. The molecule has 1 aromatic carbocycles. The number of rotatable bonds is 9. The van der Waals surface area contributed by atoms with Crippen molar-refractivity contribution in [1.29, 1.82) is 0 Å². The second-order valence-corrected chi connectivity index (χ2v) is 8.38. The second-order valence-electron chi connectivity index (χ2n) is 8.38. The first-order valence-corrected chi connectivity index (χ1v) is 11.5. The molecule has 1 aliphatic heterocycles. The highest BCUT2D eigenvalue weighted by atomic mass is 16.5. The minimum absolute atomic E-state index is 0.0820. The lowest BCUT2D eigenvalue weighted by molar-refractivity contribution is -0.143. The minimum atomic E-state index is -0.0820. The van der Waals surface area contributed by atoms with E-state index in [1.165, 1.54) is 43.2 Å². The molecule has 0 aromatic heterocycles. The van der Waals surface area contributed by atoms with Gasteiger partial charge in [-0.3, -0.25) is 9.69 Å². The zero-order chi connectivity index (χ0) is 20.5. The number of ether oxygens (including phenoxy) is 2. The molecule has 1 aromatic rings. The Kier molecular flexibility index (Phi) is 8.60. The highest BCUT2D eigenvalue weighted by molar-refractivity contribution is 5.69. The fourth-order valence-corrected chi connectivity index (χ4v) is 4.45. The van der Waals surface area contributed by atoms with E-state index < -0.39 is 0 Å². The molecule has 0 unspecified atom stereocenters. The van der Waals surface area contributed by atoms with Gasteiger partial charge in [0.05, 0.1) is 12.7 Å². The monoisotopic (exact) mass is 399 g/mol. The van der Waals surface area contributed by atoms with Crippen molar-refractivity contribution in [3.63, 3.8) is 0 Å². The van der Waals surface area contributed by atoms with Crippen molar-refractivity contribution in [1.82, 2.24) is 4.90 Å². The number of benzene rings is 1. The smallest absolute Gasteiger partial charge is 0.305 e. The Labute approximate surface area is 176 Å². The topological polar surface area (TPSA) is 38.8 Å². The van der Waals surface area contributed by atoms with Crippen molar-refractivity contribution in [3.8, 4) is 5.75 Å². The van der Waals surface area contributed by atoms with Gasteiger partial charge in [-0.2, -0.15) is 0 Å². The molecule has 1 fully saturated rings. The maximum absolute atomic E-state index is 11.4. The average molecular weight is 400 g/mol. The van der Waals surface area contributed by atoms with E-state index in [2.05, 4.69) is 42.2 Å². The van der Waals surface area contributed by atoms with Crippen LogP contribution in [0.15, 0.2) is 30.3 Å². The standard InChI is InChI=1S/C25H37NO3/c1-3-20-7-11-23(12-8-20)29-24-13-9-21(10-14-24)22-15-18-26(19-16-22)17-5-6-25(27)28-4-2/h9-10,13-15,20,23H,3-8,11-12,16-19H2,1-2H3/t20-,23+. The zero-order valence-electron chi connectivity index (χ0n) is 18.2. The van der Waals surface area contributed by atoms with Crippen molar-refractivity contribution in [3.05, 3.63) is 35.9 Å². The fraction of sp³-hybridized carbons (Fsp3) is 0.640. The van der Waals surface area contributed by atoms with E-state index in [4.69, 9.17) is 9.47 Å². The van der Waals surface area contributed by atoms with Crippen molar-refractivity contribution in [2.24, 2.45) is 5.92 Å². The van der Waals surface area contributed by atoms with E-state index in [9.17, 15) is 4.79 Å². The summed E-state index contributed by atoms with van der Waals surface area (Å²) in [6.07, 6.45) is 11.5. The van der Waals surface area contributed by atoms with Crippen LogP contribution in [-0.4, -0.2) is 43.2 Å². The van der Waals surface area contributed by atoms with Crippen LogP contribution in [0.25, 0.3) is 5.57 Å². The number of hydrogen-bond donors (Lipinski definition) is 0. The lowest BCUT2D eigenvalue weighted by Crippen LogP contribution is -2.29. The zero-order valence-corrected chi connectivity index (χ0v) is 18.2. The molecule has 0 spiro atoms. The summed E-state index contributed by atoms with van der Waals surface area (Å²) in [6, 6.07) is 8.67. The van der Waals surface area contributed by atoms with Gasteiger partial charge in [0.1, 0.15) is 5.75 Å². The fourth-order valence-electron chi connectivity index (χ4n) is 4.45. The predicted octanol–water partition coefficient (Wildman–Crippen LogP) is 5.47. The van der Waals surface area contributed by atoms with Crippen molar-refractivity contribution in [2.45, 2.75) is 71.3 Å². The van der Waals surface area contributed by atoms with Crippen LogP contribution < -0.4 is 4.74 Å². The largest absolute Gasteiger partial charge is 0.490 e. The molecule has 0 amide bonds. The van der Waals surface area contributed by atoms with Gasteiger partial charge >= 0.3 is 5.97 Å². The van der Waals surface area contributed by atoms with Crippen LogP contribution in [0.1, 0.15) is 70.8 Å². The average Bonchev–Trinajstić information content (AvgIpc) is 2.76. The highest BCUT2D eigenvalue weighted by Gasteiger charge is 2.21. The number of carbonyl (C=O) groups is 1. The number of hydrogen-bond acceptors (Lipinski definition) is 4. The summed E-state index contributed by atoms with van der Waals surface area (Å²) in [4.78, 5) is 13.8. The number of carbonyl (C=O) groups excluding carboxylic acids is 1. The molecular formula is C25H37NO3. The quantitative estimate of drug-likeness (QED) is 0.516. The van der Waals surface area contributed by atoms with Crippen LogP contribution in [0.3, 0.4) is 0 Å². The van der Waals surface area contributed by atoms with Gasteiger partial charge in [-0.15, -0.1) is 0 Å². The molecule has 1 saturated carbocycles. The van der Waals surface area contributed by atoms with Crippen molar-refractivity contribution >= 4 is 11.5 Å². The summed E-state index contributed by atoms with van der Waals surface area (Å²) in [5, 5.41) is 0. The molecule has 160 valence electrons. The predicted molar refractivity (Wildman–Crippen MR) is 118 cm³/mol. The van der Waals surface area contributed by atoms with Crippen LogP contribution >= 0.6 is 0 Å². The summed E-state index contributed by atoms with van der Waals surface area (Å²) < 4.78 is 11.2. The highest BCUT2D eigenvalue weighted by Crippen LogP contribution is 2.30. The lowest BCUT2D eigenvalue weighted by Gasteiger charge is -2.28. The SMILES string of the molecule is CCOC(=O)CCCN1CC=C(c2ccc(O[C@H]3CC[C@@H](CC)CC3)cc2)CC1. The molecule has 29 heavy (non-hydrogen) atoms. The van der Waals surface area contributed by atoms with Gasteiger partial charge < -0.3 is 9.47 Å². The third-order valence-corrected chi connectivity index (χ3v) is 6.35. The molecule has 0 atom stereocenters. The minimum Gasteiger partial charge on any atom is -0.490 e. The van der Waals surface area contributed by atoms with Gasteiger partial charge in [0, 0.05) is 19.5 Å². The van der Waals surface area contributed by atoms with Crippen LogP contribution in [0.5, 0.6) is 5.75 Å². The summed E-state index contributed by atoms with van der Waals surface area (Å²) >= 11 is 0. The van der Waals surface area contributed by atoms with Gasteiger partial charge in [0.15, 0.2) is 0 Å². The summed E-state index contributed by atoms with van der Waals surface area (Å²) in [6.45, 7) is 7.58. The molecule has 0 N–H and O–H groups in total. The van der Waals surface area contributed by atoms with E-state index in [1.807, 2.05) is 6.92 Å². The first-order valence-electron chi connectivity index (χ1n) is 11.5.